The number of aromatic nitrogens is 1. The fourth-order valence-corrected chi connectivity index (χ4v) is 3.28. The maximum Gasteiger partial charge on any atom is 0.416 e. The molecule has 0 radical (unpaired) electrons. The van der Waals surface area contributed by atoms with Gasteiger partial charge in [-0.25, -0.2) is 4.98 Å². The van der Waals surface area contributed by atoms with Crippen LogP contribution in [0.1, 0.15) is 23.0 Å². The van der Waals surface area contributed by atoms with E-state index >= 15 is 0 Å². The highest BCUT2D eigenvalue weighted by molar-refractivity contribution is 7.13. The number of carbonyl (C=O) groups is 2. The van der Waals surface area contributed by atoms with Gasteiger partial charge in [0.2, 0.25) is 5.91 Å². The first-order chi connectivity index (χ1) is 13.6. The van der Waals surface area contributed by atoms with E-state index in [1.807, 2.05) is 0 Å². The first-order valence-electron chi connectivity index (χ1n) is 8.44. The number of carbonyl (C=O) groups excluding carboxylic acids is 2. The molecule has 5 nitrogen and oxygen atoms in total. The molecule has 0 fully saturated rings. The molecule has 0 aliphatic rings. The molecule has 1 aromatic heterocycles. The van der Waals surface area contributed by atoms with E-state index in [4.69, 9.17) is 0 Å². The zero-order chi connectivity index (χ0) is 21.2. The van der Waals surface area contributed by atoms with Gasteiger partial charge in [0.15, 0.2) is 0 Å². The number of amides is 2. The van der Waals surface area contributed by atoms with Gasteiger partial charge in [0.25, 0.3) is 5.91 Å². The number of anilines is 2. The van der Waals surface area contributed by atoms with Crippen LogP contribution < -0.4 is 10.2 Å². The Morgan fingerprint density at radius 3 is 2.41 bits per heavy atom. The number of thiazole rings is 1. The number of nitrogens with one attached hydrogen (secondary N) is 1. The summed E-state index contributed by atoms with van der Waals surface area (Å²) in [6.45, 7) is 1.44. The average molecular weight is 419 g/mol. The van der Waals surface area contributed by atoms with E-state index in [0.29, 0.717) is 21.9 Å². The summed E-state index contributed by atoms with van der Waals surface area (Å²) in [7, 11) is 1.64. The molecule has 1 N–H and O–H groups in total. The summed E-state index contributed by atoms with van der Waals surface area (Å²) in [4.78, 5) is 29.4. The second kappa shape index (κ2) is 8.04. The van der Waals surface area contributed by atoms with Crippen molar-refractivity contribution in [2.75, 3.05) is 17.3 Å². The fourth-order valence-electron chi connectivity index (χ4n) is 2.48. The lowest BCUT2D eigenvalue weighted by Gasteiger charge is -2.15. The van der Waals surface area contributed by atoms with Crippen molar-refractivity contribution >= 4 is 34.5 Å². The van der Waals surface area contributed by atoms with Gasteiger partial charge in [-0.15, -0.1) is 11.3 Å². The minimum atomic E-state index is -4.45. The predicted octanol–water partition coefficient (Wildman–Crippen LogP) is 5.06. The summed E-state index contributed by atoms with van der Waals surface area (Å²) in [5.41, 5.74) is 0.806. The molecule has 0 spiro atoms. The molecule has 0 saturated heterocycles. The number of hydrogen-bond acceptors (Lipinski definition) is 4. The summed E-state index contributed by atoms with van der Waals surface area (Å²) in [5.74, 6) is -0.599. The van der Waals surface area contributed by atoms with Crippen molar-refractivity contribution in [3.05, 3.63) is 65.2 Å². The zero-order valence-electron chi connectivity index (χ0n) is 15.4. The molecule has 0 bridgehead atoms. The fraction of sp³-hybridized carbons (Fsp3) is 0.150. The molecule has 3 aromatic rings. The highest BCUT2D eigenvalue weighted by Gasteiger charge is 2.30. The van der Waals surface area contributed by atoms with Crippen molar-refractivity contribution in [3.63, 3.8) is 0 Å². The lowest BCUT2D eigenvalue weighted by atomic mass is 10.1. The number of alkyl halides is 3. The largest absolute Gasteiger partial charge is 0.416 e. The van der Waals surface area contributed by atoms with Crippen molar-refractivity contribution < 1.29 is 22.8 Å². The smallest absolute Gasteiger partial charge is 0.321 e. The van der Waals surface area contributed by atoms with Crippen LogP contribution in [0.4, 0.5) is 24.5 Å². The van der Waals surface area contributed by atoms with E-state index in [2.05, 4.69) is 10.3 Å². The highest BCUT2D eigenvalue weighted by Crippen LogP contribution is 2.33. The van der Waals surface area contributed by atoms with Gasteiger partial charge < -0.3 is 10.2 Å². The Kier molecular flexibility index (Phi) is 5.69. The van der Waals surface area contributed by atoms with Crippen LogP contribution in [-0.4, -0.2) is 23.8 Å². The second-order valence-electron chi connectivity index (χ2n) is 6.20. The van der Waals surface area contributed by atoms with Crippen LogP contribution in [0.2, 0.25) is 0 Å². The monoisotopic (exact) mass is 419 g/mol. The number of rotatable bonds is 4. The van der Waals surface area contributed by atoms with Crippen molar-refractivity contribution in [1.29, 1.82) is 0 Å². The van der Waals surface area contributed by atoms with E-state index in [1.54, 1.807) is 31.3 Å². The molecule has 1 heterocycles. The number of benzene rings is 2. The summed E-state index contributed by atoms with van der Waals surface area (Å²) in [6.07, 6.45) is -4.45. The molecule has 0 atom stereocenters. The Morgan fingerprint density at radius 1 is 1.10 bits per heavy atom. The molecule has 2 aromatic carbocycles. The van der Waals surface area contributed by atoms with Gasteiger partial charge in [-0.1, -0.05) is 12.1 Å². The van der Waals surface area contributed by atoms with Crippen LogP contribution in [-0.2, 0) is 11.0 Å². The van der Waals surface area contributed by atoms with Crippen molar-refractivity contribution in [1.82, 2.24) is 4.98 Å². The van der Waals surface area contributed by atoms with Gasteiger partial charge in [-0.05, 0) is 36.4 Å². The zero-order valence-corrected chi connectivity index (χ0v) is 16.3. The molecule has 0 aliphatic heterocycles. The van der Waals surface area contributed by atoms with E-state index < -0.39 is 17.6 Å². The van der Waals surface area contributed by atoms with Gasteiger partial charge in [-0.3, -0.25) is 9.59 Å². The molecular weight excluding hydrogens is 403 g/mol. The van der Waals surface area contributed by atoms with Crippen LogP contribution >= 0.6 is 11.3 Å². The lowest BCUT2D eigenvalue weighted by Crippen LogP contribution is -2.22. The quantitative estimate of drug-likeness (QED) is 0.643. The lowest BCUT2D eigenvalue weighted by molar-refractivity contribution is -0.137. The SMILES string of the molecule is CC(=O)N(C)c1ccc(NC(=O)c2csc(-c3cccc(C(F)(F)F)c3)n2)cc1. The number of halogens is 3. The second-order valence-corrected chi connectivity index (χ2v) is 7.05. The summed E-state index contributed by atoms with van der Waals surface area (Å²) < 4.78 is 38.6. The average Bonchev–Trinajstić information content (AvgIpc) is 3.18. The summed E-state index contributed by atoms with van der Waals surface area (Å²) in [5, 5.41) is 4.48. The van der Waals surface area contributed by atoms with E-state index in [9.17, 15) is 22.8 Å². The molecule has 0 unspecified atom stereocenters. The van der Waals surface area contributed by atoms with E-state index in [1.165, 1.54) is 29.3 Å². The third kappa shape index (κ3) is 4.80. The summed E-state index contributed by atoms with van der Waals surface area (Å²) >= 11 is 1.09. The van der Waals surface area contributed by atoms with Gasteiger partial charge >= 0.3 is 6.18 Å². The van der Waals surface area contributed by atoms with Gasteiger partial charge in [0.1, 0.15) is 10.7 Å². The van der Waals surface area contributed by atoms with Gasteiger partial charge in [0.05, 0.1) is 5.56 Å². The molecule has 9 heteroatoms. The number of nitrogens with zero attached hydrogens (tertiary/aromatic N) is 2. The normalized spacial score (nSPS) is 11.2. The molecule has 150 valence electrons. The standard InChI is InChI=1S/C20H16F3N3O2S/c1-12(27)26(2)16-8-6-15(7-9-16)24-18(28)17-11-29-19(25-17)13-4-3-5-14(10-13)20(21,22)23/h3-11H,1-2H3,(H,24,28). The van der Waals surface area contributed by atoms with Gasteiger partial charge in [-0.2, -0.15) is 13.2 Å². The van der Waals surface area contributed by atoms with Crippen molar-refractivity contribution in [2.45, 2.75) is 13.1 Å². The van der Waals surface area contributed by atoms with Crippen LogP contribution in [0.15, 0.2) is 53.9 Å². The third-order valence-electron chi connectivity index (χ3n) is 4.16. The van der Waals surface area contributed by atoms with Crippen molar-refractivity contribution in [3.8, 4) is 10.6 Å². The molecule has 29 heavy (non-hydrogen) atoms. The van der Waals surface area contributed by atoms with E-state index in [0.717, 1.165) is 23.5 Å². The molecule has 2 amide bonds. The van der Waals surface area contributed by atoms with Crippen LogP contribution in [0, 0.1) is 0 Å². The molecule has 0 aliphatic carbocycles. The van der Waals surface area contributed by atoms with Crippen LogP contribution in [0.3, 0.4) is 0 Å². The Hall–Kier alpha value is -3.20. The molecule has 3 rings (SSSR count). The minimum absolute atomic E-state index is 0.104. The maximum atomic E-state index is 12.9. The summed E-state index contributed by atoms with van der Waals surface area (Å²) in [6, 6.07) is 11.5. The first-order valence-corrected chi connectivity index (χ1v) is 9.32. The Labute approximate surface area is 168 Å². The minimum Gasteiger partial charge on any atom is -0.321 e. The van der Waals surface area contributed by atoms with Crippen LogP contribution in [0.5, 0.6) is 0 Å². The molecule has 0 saturated carbocycles. The highest BCUT2D eigenvalue weighted by atomic mass is 32.1. The topological polar surface area (TPSA) is 62.3 Å². The third-order valence-corrected chi connectivity index (χ3v) is 5.05. The Morgan fingerprint density at radius 2 is 1.79 bits per heavy atom. The van der Waals surface area contributed by atoms with Crippen molar-refractivity contribution in [2.24, 2.45) is 0 Å². The van der Waals surface area contributed by atoms with Crippen LogP contribution in [0.25, 0.3) is 10.6 Å². The maximum absolute atomic E-state index is 12.9. The van der Waals surface area contributed by atoms with Gasteiger partial charge in [0, 0.05) is 36.3 Å². The van der Waals surface area contributed by atoms with E-state index in [-0.39, 0.29) is 11.6 Å². The number of hydrogen-bond donors (Lipinski definition) is 1. The Balaban J connectivity index is 1.74. The predicted molar refractivity (Wildman–Crippen MR) is 106 cm³/mol. The first kappa shape index (κ1) is 20.5. The molecular formula is C20H16F3N3O2S. The Bertz CT molecular complexity index is 1050.